The van der Waals surface area contributed by atoms with Crippen molar-refractivity contribution < 1.29 is 23.4 Å². The zero-order valence-corrected chi connectivity index (χ0v) is 20.0. The SMILES string of the molecule is C[C@H]1CC[C@@H](Oc2ccc3cc(CC4C5CCCC4CC(C(=O)O)C5)ccc3c2C(F)F)CC1. The first kappa shape index (κ1) is 23.6. The number of carboxylic acids is 1. The molecule has 34 heavy (non-hydrogen) atoms. The fourth-order valence-electron chi connectivity index (χ4n) is 7.04. The van der Waals surface area contributed by atoms with E-state index in [1.807, 2.05) is 18.2 Å². The monoisotopic (exact) mass is 470 g/mol. The Bertz CT molecular complexity index is 1010. The van der Waals surface area contributed by atoms with Gasteiger partial charge in [-0.15, -0.1) is 0 Å². The summed E-state index contributed by atoms with van der Waals surface area (Å²) in [6, 6.07) is 9.57. The Balaban J connectivity index is 1.37. The second-order valence-corrected chi connectivity index (χ2v) is 11.2. The highest BCUT2D eigenvalue weighted by Crippen LogP contribution is 2.48. The lowest BCUT2D eigenvalue weighted by atomic mass is 9.60. The number of rotatable bonds is 6. The second kappa shape index (κ2) is 9.83. The summed E-state index contributed by atoms with van der Waals surface area (Å²) in [5.74, 6) is 1.56. The minimum atomic E-state index is -2.59. The molecular formula is C29H36F2O3. The predicted octanol–water partition coefficient (Wildman–Crippen LogP) is 7.80. The lowest BCUT2D eigenvalue weighted by Gasteiger charge is -2.45. The van der Waals surface area contributed by atoms with E-state index in [-0.39, 0.29) is 17.6 Å². The summed E-state index contributed by atoms with van der Waals surface area (Å²) in [5.41, 5.74) is 1.18. The van der Waals surface area contributed by atoms with Gasteiger partial charge in [0.1, 0.15) is 5.75 Å². The maximum Gasteiger partial charge on any atom is 0.306 e. The predicted molar refractivity (Wildman–Crippen MR) is 129 cm³/mol. The van der Waals surface area contributed by atoms with Gasteiger partial charge in [-0.1, -0.05) is 50.5 Å². The normalized spacial score (nSPS) is 31.5. The topological polar surface area (TPSA) is 46.5 Å². The first-order valence-corrected chi connectivity index (χ1v) is 13.1. The molecule has 3 saturated carbocycles. The highest BCUT2D eigenvalue weighted by molar-refractivity contribution is 5.88. The Hall–Kier alpha value is -2.17. The molecule has 0 radical (unpaired) electrons. The van der Waals surface area contributed by atoms with Crippen LogP contribution in [0.2, 0.25) is 0 Å². The van der Waals surface area contributed by atoms with E-state index in [0.717, 1.165) is 63.2 Å². The van der Waals surface area contributed by atoms with E-state index >= 15 is 0 Å². The molecule has 2 bridgehead atoms. The van der Waals surface area contributed by atoms with Gasteiger partial charge < -0.3 is 9.84 Å². The Labute approximate surface area is 200 Å². The van der Waals surface area contributed by atoms with Gasteiger partial charge in [0.25, 0.3) is 6.43 Å². The van der Waals surface area contributed by atoms with E-state index in [0.29, 0.717) is 34.8 Å². The smallest absolute Gasteiger partial charge is 0.306 e. The lowest BCUT2D eigenvalue weighted by Crippen LogP contribution is -2.39. The van der Waals surface area contributed by atoms with Gasteiger partial charge in [-0.2, -0.15) is 0 Å². The molecule has 2 atom stereocenters. The third-order valence-corrected chi connectivity index (χ3v) is 8.92. The molecule has 0 heterocycles. The number of fused-ring (bicyclic) bond motifs is 3. The van der Waals surface area contributed by atoms with E-state index in [1.165, 1.54) is 12.0 Å². The Kier molecular flexibility index (Phi) is 6.81. The fourth-order valence-corrected chi connectivity index (χ4v) is 7.04. The number of halogens is 2. The first-order chi connectivity index (χ1) is 16.4. The molecular weight excluding hydrogens is 434 g/mol. The van der Waals surface area contributed by atoms with Crippen molar-refractivity contribution in [3.63, 3.8) is 0 Å². The van der Waals surface area contributed by atoms with Crippen molar-refractivity contribution in [2.24, 2.45) is 29.6 Å². The van der Waals surface area contributed by atoms with Crippen LogP contribution < -0.4 is 4.74 Å². The van der Waals surface area contributed by atoms with Gasteiger partial charge in [-0.25, -0.2) is 8.78 Å². The standard InChI is InChI=1S/C29H36F2O3/c1-17-5-9-23(10-6-17)34-26-12-8-21-13-18(7-11-24(21)27(26)28(30)31)14-25-19-3-2-4-20(25)16-22(15-19)29(32)33/h7-8,11-13,17,19-20,22-23,25,28H,2-6,9-10,14-16H2,1H3,(H,32,33)/t17-,19?,20?,22?,23+,25?. The zero-order chi connectivity index (χ0) is 23.8. The molecule has 0 aliphatic heterocycles. The average Bonchev–Trinajstić information content (AvgIpc) is 2.80. The van der Waals surface area contributed by atoms with E-state index < -0.39 is 12.4 Å². The Morgan fingerprint density at radius 2 is 1.74 bits per heavy atom. The minimum Gasteiger partial charge on any atom is -0.490 e. The second-order valence-electron chi connectivity index (χ2n) is 11.2. The third kappa shape index (κ3) is 4.81. The number of aliphatic carboxylic acids is 1. The zero-order valence-electron chi connectivity index (χ0n) is 20.0. The third-order valence-electron chi connectivity index (χ3n) is 8.92. The maximum absolute atomic E-state index is 14.2. The summed E-state index contributed by atoms with van der Waals surface area (Å²) in [5, 5.41) is 10.9. The van der Waals surface area contributed by atoms with Gasteiger partial charge in [-0.05, 0) is 91.0 Å². The number of alkyl halides is 2. The molecule has 3 nitrogen and oxygen atoms in total. The van der Waals surface area contributed by atoms with Crippen molar-refractivity contribution in [1.29, 1.82) is 0 Å². The number of hydrogen-bond donors (Lipinski definition) is 1. The molecule has 5 heteroatoms. The number of carboxylic acid groups (broad SMARTS) is 1. The summed E-state index contributed by atoms with van der Waals surface area (Å²) < 4.78 is 34.5. The van der Waals surface area contributed by atoms with Crippen LogP contribution >= 0.6 is 0 Å². The molecule has 3 aliphatic carbocycles. The summed E-state index contributed by atoms with van der Waals surface area (Å²) in [6.07, 6.45) is 7.31. The maximum atomic E-state index is 14.2. The molecule has 2 aromatic rings. The van der Waals surface area contributed by atoms with E-state index in [4.69, 9.17) is 4.74 Å². The van der Waals surface area contributed by atoms with E-state index in [9.17, 15) is 18.7 Å². The van der Waals surface area contributed by atoms with Crippen LogP contribution in [0.15, 0.2) is 30.3 Å². The Morgan fingerprint density at radius 3 is 2.38 bits per heavy atom. The average molecular weight is 471 g/mol. The molecule has 2 unspecified atom stereocenters. The lowest BCUT2D eigenvalue weighted by molar-refractivity contribution is -0.145. The number of benzene rings is 2. The van der Waals surface area contributed by atoms with E-state index in [1.54, 1.807) is 6.07 Å². The molecule has 1 N–H and O–H groups in total. The summed E-state index contributed by atoms with van der Waals surface area (Å²) in [6.45, 7) is 2.24. The molecule has 0 amide bonds. The Morgan fingerprint density at radius 1 is 1.03 bits per heavy atom. The van der Waals surface area contributed by atoms with Gasteiger partial charge in [0, 0.05) is 0 Å². The minimum absolute atomic E-state index is 0.0153. The number of carbonyl (C=O) groups is 1. The van der Waals surface area contributed by atoms with Crippen molar-refractivity contribution in [3.8, 4) is 5.75 Å². The van der Waals surface area contributed by atoms with Gasteiger partial charge in [0.15, 0.2) is 0 Å². The number of hydrogen-bond acceptors (Lipinski definition) is 2. The van der Waals surface area contributed by atoms with E-state index in [2.05, 4.69) is 13.0 Å². The van der Waals surface area contributed by atoms with Crippen LogP contribution in [0.1, 0.15) is 82.3 Å². The quantitative estimate of drug-likeness (QED) is 0.468. The van der Waals surface area contributed by atoms with Gasteiger partial charge >= 0.3 is 5.97 Å². The molecule has 2 aromatic carbocycles. The summed E-state index contributed by atoms with van der Waals surface area (Å²) in [7, 11) is 0. The molecule has 0 saturated heterocycles. The highest BCUT2D eigenvalue weighted by Gasteiger charge is 2.42. The van der Waals surface area contributed by atoms with Crippen LogP contribution in [-0.4, -0.2) is 17.2 Å². The molecule has 0 spiro atoms. The molecule has 3 fully saturated rings. The summed E-state index contributed by atoms with van der Waals surface area (Å²) in [4.78, 5) is 11.6. The molecule has 184 valence electrons. The van der Waals surface area contributed by atoms with Crippen LogP contribution in [0.25, 0.3) is 10.8 Å². The van der Waals surface area contributed by atoms with Crippen LogP contribution in [0.3, 0.4) is 0 Å². The van der Waals surface area contributed by atoms with Gasteiger partial charge in [-0.3, -0.25) is 4.79 Å². The van der Waals surface area contributed by atoms with Crippen molar-refractivity contribution in [2.45, 2.75) is 83.7 Å². The van der Waals surface area contributed by atoms with Gasteiger partial charge in [0.05, 0.1) is 17.6 Å². The molecule has 3 aliphatic rings. The molecule has 5 rings (SSSR count). The van der Waals surface area contributed by atoms with Crippen LogP contribution in [-0.2, 0) is 11.2 Å². The molecule has 0 aromatic heterocycles. The van der Waals surface area contributed by atoms with Crippen molar-refractivity contribution in [3.05, 3.63) is 41.5 Å². The van der Waals surface area contributed by atoms with Crippen molar-refractivity contribution >= 4 is 16.7 Å². The highest BCUT2D eigenvalue weighted by atomic mass is 19.3. The largest absolute Gasteiger partial charge is 0.490 e. The first-order valence-electron chi connectivity index (χ1n) is 13.1. The van der Waals surface area contributed by atoms with Crippen LogP contribution in [0, 0.1) is 29.6 Å². The van der Waals surface area contributed by atoms with Crippen LogP contribution in [0.4, 0.5) is 8.78 Å². The van der Waals surface area contributed by atoms with Crippen molar-refractivity contribution in [2.75, 3.05) is 0 Å². The van der Waals surface area contributed by atoms with Crippen LogP contribution in [0.5, 0.6) is 5.75 Å². The fraction of sp³-hybridized carbons (Fsp3) is 0.621. The summed E-state index contributed by atoms with van der Waals surface area (Å²) >= 11 is 0. The van der Waals surface area contributed by atoms with Crippen molar-refractivity contribution in [1.82, 2.24) is 0 Å². The number of ether oxygens (including phenoxy) is 1. The van der Waals surface area contributed by atoms with Gasteiger partial charge in [0.2, 0.25) is 0 Å².